The maximum atomic E-state index is 11.9. The van der Waals surface area contributed by atoms with Crippen LogP contribution in [0, 0.1) is 6.92 Å². The third kappa shape index (κ3) is 5.24. The van der Waals surface area contributed by atoms with Crippen molar-refractivity contribution in [3.63, 3.8) is 0 Å². The maximum absolute atomic E-state index is 11.9. The highest BCUT2D eigenvalue weighted by Crippen LogP contribution is 2.23. The second-order valence-corrected chi connectivity index (χ2v) is 7.42. The van der Waals surface area contributed by atoms with Crippen molar-refractivity contribution >= 4 is 28.8 Å². The monoisotopic (exact) mass is 329 g/mol. The Bertz CT molecular complexity index is 458. The predicted molar refractivity (Wildman–Crippen MR) is 88.1 cm³/mol. The zero-order valence-electron chi connectivity index (χ0n) is 12.8. The molecule has 118 valence electrons. The van der Waals surface area contributed by atoms with Gasteiger partial charge >= 0.3 is 0 Å². The fourth-order valence-corrected chi connectivity index (χ4v) is 3.84. The first kappa shape index (κ1) is 16.7. The number of carbonyl (C=O) groups excluding carboxylic acids is 1. The standard InChI is InChI=1S/C15H24ClN3OS/c1-11-15(16)21-14(18-11)8-9-17-13(20)7-6-12-5-3-4-10-19(12)2/h12H,3-10H2,1-2H3,(H,17,20)/t12-/m0/s1. The molecule has 1 atom stereocenters. The van der Waals surface area contributed by atoms with Crippen LogP contribution < -0.4 is 5.32 Å². The van der Waals surface area contributed by atoms with Gasteiger partial charge in [0.15, 0.2) is 0 Å². The Kier molecular flexibility index (Phi) is 6.45. The lowest BCUT2D eigenvalue weighted by atomic mass is 9.98. The summed E-state index contributed by atoms with van der Waals surface area (Å²) in [6.45, 7) is 3.71. The zero-order chi connectivity index (χ0) is 15.2. The zero-order valence-corrected chi connectivity index (χ0v) is 14.4. The van der Waals surface area contributed by atoms with Crippen molar-refractivity contribution in [1.82, 2.24) is 15.2 Å². The molecular weight excluding hydrogens is 306 g/mol. The second kappa shape index (κ2) is 8.11. The molecule has 0 aromatic carbocycles. The molecule has 4 nitrogen and oxygen atoms in total. The van der Waals surface area contributed by atoms with Gasteiger partial charge in [0.05, 0.1) is 10.7 Å². The Morgan fingerprint density at radius 2 is 2.33 bits per heavy atom. The average Bonchev–Trinajstić information content (AvgIpc) is 2.77. The summed E-state index contributed by atoms with van der Waals surface area (Å²) in [6.07, 6.45) is 6.14. The highest BCUT2D eigenvalue weighted by Gasteiger charge is 2.19. The Labute approximate surface area is 135 Å². The SMILES string of the molecule is Cc1nc(CCNC(=O)CC[C@@H]2CCCCN2C)sc1Cl. The van der Waals surface area contributed by atoms with Crippen LogP contribution in [0.5, 0.6) is 0 Å². The van der Waals surface area contributed by atoms with Crippen molar-refractivity contribution in [2.75, 3.05) is 20.1 Å². The summed E-state index contributed by atoms with van der Waals surface area (Å²) in [5, 5.41) is 3.97. The van der Waals surface area contributed by atoms with E-state index in [-0.39, 0.29) is 5.91 Å². The summed E-state index contributed by atoms with van der Waals surface area (Å²) in [7, 11) is 2.16. The minimum atomic E-state index is 0.147. The van der Waals surface area contributed by atoms with Crippen LogP contribution in [0.15, 0.2) is 0 Å². The second-order valence-electron chi connectivity index (χ2n) is 5.74. The third-order valence-corrected chi connectivity index (χ3v) is 5.58. The minimum Gasteiger partial charge on any atom is -0.356 e. The molecule has 0 bridgehead atoms. The first-order valence-electron chi connectivity index (χ1n) is 7.65. The van der Waals surface area contributed by atoms with Crippen molar-refractivity contribution < 1.29 is 4.79 Å². The lowest BCUT2D eigenvalue weighted by Crippen LogP contribution is -2.37. The summed E-state index contributed by atoms with van der Waals surface area (Å²) < 4.78 is 0.747. The number of hydrogen-bond donors (Lipinski definition) is 1. The number of carbonyl (C=O) groups is 1. The highest BCUT2D eigenvalue weighted by molar-refractivity contribution is 7.16. The van der Waals surface area contributed by atoms with Crippen molar-refractivity contribution in [2.24, 2.45) is 0 Å². The van der Waals surface area contributed by atoms with Gasteiger partial charge < -0.3 is 10.2 Å². The van der Waals surface area contributed by atoms with E-state index < -0.39 is 0 Å². The molecule has 0 aliphatic carbocycles. The maximum Gasteiger partial charge on any atom is 0.220 e. The average molecular weight is 330 g/mol. The van der Waals surface area contributed by atoms with Crippen molar-refractivity contribution in [3.05, 3.63) is 15.0 Å². The van der Waals surface area contributed by atoms with Gasteiger partial charge in [-0.25, -0.2) is 4.98 Å². The van der Waals surface area contributed by atoms with Gasteiger partial charge in [-0.2, -0.15) is 0 Å². The molecule has 1 aliphatic rings. The molecule has 1 aliphatic heterocycles. The van der Waals surface area contributed by atoms with E-state index in [0.29, 0.717) is 19.0 Å². The molecule has 1 amide bonds. The Hall–Kier alpha value is -0.650. The van der Waals surface area contributed by atoms with Crippen LogP contribution in [0.25, 0.3) is 0 Å². The summed E-state index contributed by atoms with van der Waals surface area (Å²) in [5.41, 5.74) is 0.878. The molecule has 0 unspecified atom stereocenters. The van der Waals surface area contributed by atoms with Gasteiger partial charge in [0.25, 0.3) is 0 Å². The molecule has 6 heteroatoms. The van der Waals surface area contributed by atoms with Crippen LogP contribution in [-0.2, 0) is 11.2 Å². The Balaban J connectivity index is 1.63. The molecule has 1 saturated heterocycles. The van der Waals surface area contributed by atoms with Gasteiger partial charge in [-0.05, 0) is 39.8 Å². The molecule has 0 radical (unpaired) electrons. The number of aromatic nitrogens is 1. The predicted octanol–water partition coefficient (Wildman–Crippen LogP) is 3.03. The third-order valence-electron chi connectivity index (χ3n) is 4.07. The normalized spacial score (nSPS) is 19.7. The van der Waals surface area contributed by atoms with Crippen LogP contribution in [0.4, 0.5) is 0 Å². The number of amides is 1. The Morgan fingerprint density at radius 3 is 3.00 bits per heavy atom. The van der Waals surface area contributed by atoms with Gasteiger partial charge in [-0.3, -0.25) is 4.79 Å². The van der Waals surface area contributed by atoms with Gasteiger partial charge in [0.2, 0.25) is 5.91 Å². The van der Waals surface area contributed by atoms with Gasteiger partial charge in [-0.15, -0.1) is 11.3 Å². The first-order chi connectivity index (χ1) is 10.1. The summed E-state index contributed by atoms with van der Waals surface area (Å²) in [5.74, 6) is 0.147. The molecule has 0 spiro atoms. The van der Waals surface area contributed by atoms with Crippen molar-refractivity contribution in [3.8, 4) is 0 Å². The first-order valence-corrected chi connectivity index (χ1v) is 8.84. The molecule has 1 fully saturated rings. The fraction of sp³-hybridized carbons (Fsp3) is 0.733. The lowest BCUT2D eigenvalue weighted by molar-refractivity contribution is -0.121. The van der Waals surface area contributed by atoms with Gasteiger partial charge in [-0.1, -0.05) is 18.0 Å². The fourth-order valence-electron chi connectivity index (χ4n) is 2.74. The van der Waals surface area contributed by atoms with Crippen LogP contribution >= 0.6 is 22.9 Å². The number of nitrogens with one attached hydrogen (secondary N) is 1. The molecule has 21 heavy (non-hydrogen) atoms. The van der Waals surface area contributed by atoms with E-state index in [9.17, 15) is 4.79 Å². The number of piperidine rings is 1. The van der Waals surface area contributed by atoms with E-state index in [0.717, 1.165) is 34.4 Å². The number of aryl methyl sites for hydroxylation is 1. The number of thiazole rings is 1. The smallest absolute Gasteiger partial charge is 0.220 e. The largest absolute Gasteiger partial charge is 0.356 e. The molecule has 2 heterocycles. The number of likely N-dealkylation sites (tertiary alicyclic amines) is 1. The highest BCUT2D eigenvalue weighted by atomic mass is 35.5. The van der Waals surface area contributed by atoms with E-state index in [4.69, 9.17) is 11.6 Å². The van der Waals surface area contributed by atoms with Crippen molar-refractivity contribution in [2.45, 2.75) is 51.5 Å². The van der Waals surface area contributed by atoms with E-state index in [1.54, 1.807) is 0 Å². The molecule has 1 aromatic rings. The lowest BCUT2D eigenvalue weighted by Gasteiger charge is -2.32. The van der Waals surface area contributed by atoms with Crippen molar-refractivity contribution in [1.29, 1.82) is 0 Å². The quantitative estimate of drug-likeness (QED) is 0.872. The van der Waals surface area contributed by atoms with E-state index in [1.807, 2.05) is 6.92 Å². The van der Waals surface area contributed by atoms with Crippen LogP contribution in [0.3, 0.4) is 0 Å². The van der Waals surface area contributed by atoms with Crippen LogP contribution in [0.1, 0.15) is 42.8 Å². The van der Waals surface area contributed by atoms with Crippen LogP contribution in [0.2, 0.25) is 4.34 Å². The summed E-state index contributed by atoms with van der Waals surface area (Å²) in [4.78, 5) is 18.6. The summed E-state index contributed by atoms with van der Waals surface area (Å²) in [6, 6.07) is 0.574. The molecule has 1 aromatic heterocycles. The summed E-state index contributed by atoms with van der Waals surface area (Å²) >= 11 is 7.48. The van der Waals surface area contributed by atoms with E-state index >= 15 is 0 Å². The molecule has 0 saturated carbocycles. The topological polar surface area (TPSA) is 45.2 Å². The molecule has 1 N–H and O–H groups in total. The van der Waals surface area contributed by atoms with Gasteiger partial charge in [0, 0.05) is 25.4 Å². The van der Waals surface area contributed by atoms with Gasteiger partial charge in [0.1, 0.15) is 4.34 Å². The van der Waals surface area contributed by atoms with E-state index in [2.05, 4.69) is 22.2 Å². The number of nitrogens with zero attached hydrogens (tertiary/aromatic N) is 2. The minimum absolute atomic E-state index is 0.147. The Morgan fingerprint density at radius 1 is 1.52 bits per heavy atom. The van der Waals surface area contributed by atoms with E-state index in [1.165, 1.54) is 30.6 Å². The molecule has 2 rings (SSSR count). The number of hydrogen-bond acceptors (Lipinski definition) is 4. The number of rotatable bonds is 6. The number of halogens is 1. The van der Waals surface area contributed by atoms with Crippen LogP contribution in [-0.4, -0.2) is 42.0 Å². The molecular formula is C15H24ClN3OS.